The van der Waals surface area contributed by atoms with E-state index in [-0.39, 0.29) is 29.8 Å². The minimum absolute atomic E-state index is 0.0333. The molecule has 1 aliphatic rings. The van der Waals surface area contributed by atoms with Crippen LogP contribution in [0.4, 0.5) is 5.69 Å². The fourth-order valence-electron chi connectivity index (χ4n) is 3.29. The number of carbonyl (C=O) groups is 2. The molecular weight excluding hydrogens is 314 g/mol. The monoisotopic (exact) mass is 345 g/mol. The van der Waals surface area contributed by atoms with Gasteiger partial charge >= 0.3 is 0 Å². The van der Waals surface area contributed by atoms with Crippen molar-refractivity contribution in [3.8, 4) is 0 Å². The first-order chi connectivity index (χ1) is 12.0. The van der Waals surface area contributed by atoms with E-state index in [2.05, 4.69) is 29.4 Å². The quantitative estimate of drug-likeness (QED) is 0.799. The van der Waals surface area contributed by atoms with Crippen LogP contribution < -0.4 is 15.5 Å². The summed E-state index contributed by atoms with van der Waals surface area (Å²) in [5.41, 5.74) is 2.02. The lowest BCUT2D eigenvalue weighted by atomic mass is 9.85. The second kappa shape index (κ2) is 8.88. The summed E-state index contributed by atoms with van der Waals surface area (Å²) in [6.07, 6.45) is 2.56. The first-order valence-electron chi connectivity index (χ1n) is 9.40. The van der Waals surface area contributed by atoms with Crippen LogP contribution in [0.5, 0.6) is 0 Å². The van der Waals surface area contributed by atoms with E-state index in [9.17, 15) is 9.59 Å². The molecule has 0 saturated heterocycles. The zero-order valence-electron chi connectivity index (χ0n) is 15.8. The standard InChI is InChI=1S/C20H31N3O2/c1-5-11-21-19(24)13-23-15(4)12-17(20(25)22-14(3)6-2)16-9-7-8-10-18(16)23/h7-10,14-15,17H,5-6,11-13H2,1-4H3,(H,21,24)(H,22,25)/t14-,15-,17-/m1/s1. The van der Waals surface area contributed by atoms with Gasteiger partial charge in [0.15, 0.2) is 0 Å². The summed E-state index contributed by atoms with van der Waals surface area (Å²) in [5, 5.41) is 6.05. The minimum atomic E-state index is -0.157. The Labute approximate surface area is 151 Å². The molecule has 1 aromatic carbocycles. The number of amides is 2. The van der Waals surface area contributed by atoms with Crippen LogP contribution in [0.2, 0.25) is 0 Å². The molecule has 1 heterocycles. The van der Waals surface area contributed by atoms with Gasteiger partial charge in [0.25, 0.3) is 0 Å². The van der Waals surface area contributed by atoms with Crippen molar-refractivity contribution in [3.63, 3.8) is 0 Å². The summed E-state index contributed by atoms with van der Waals surface area (Å²) in [7, 11) is 0. The highest BCUT2D eigenvalue weighted by atomic mass is 16.2. The number of para-hydroxylation sites is 1. The Morgan fingerprint density at radius 2 is 2.00 bits per heavy atom. The Hall–Kier alpha value is -2.04. The van der Waals surface area contributed by atoms with Crippen molar-refractivity contribution in [2.45, 2.75) is 65.0 Å². The van der Waals surface area contributed by atoms with Crippen LogP contribution in [0.3, 0.4) is 0 Å². The van der Waals surface area contributed by atoms with E-state index in [0.29, 0.717) is 13.1 Å². The van der Waals surface area contributed by atoms with Crippen molar-refractivity contribution in [2.75, 3.05) is 18.0 Å². The Morgan fingerprint density at radius 3 is 2.68 bits per heavy atom. The molecule has 0 saturated carbocycles. The van der Waals surface area contributed by atoms with Gasteiger partial charge in [0.05, 0.1) is 12.5 Å². The van der Waals surface area contributed by atoms with Crippen LogP contribution in [0.15, 0.2) is 24.3 Å². The lowest BCUT2D eigenvalue weighted by Crippen LogP contribution is -2.48. The van der Waals surface area contributed by atoms with E-state index < -0.39 is 0 Å². The molecule has 0 aliphatic carbocycles. The molecule has 3 atom stereocenters. The average molecular weight is 345 g/mol. The molecule has 0 unspecified atom stereocenters. The van der Waals surface area contributed by atoms with Crippen molar-refractivity contribution in [1.82, 2.24) is 10.6 Å². The average Bonchev–Trinajstić information content (AvgIpc) is 2.61. The van der Waals surface area contributed by atoms with Gasteiger partial charge < -0.3 is 15.5 Å². The molecular formula is C20H31N3O2. The first-order valence-corrected chi connectivity index (χ1v) is 9.40. The SMILES string of the molecule is CCCNC(=O)CN1c2ccccc2[C@H](C(=O)N[C@H](C)CC)C[C@H]1C. The number of nitrogens with one attached hydrogen (secondary N) is 2. The molecule has 138 valence electrons. The molecule has 0 spiro atoms. The zero-order chi connectivity index (χ0) is 18.4. The van der Waals surface area contributed by atoms with E-state index in [4.69, 9.17) is 0 Å². The molecule has 25 heavy (non-hydrogen) atoms. The van der Waals surface area contributed by atoms with Gasteiger partial charge in [-0.2, -0.15) is 0 Å². The molecule has 2 N–H and O–H groups in total. The van der Waals surface area contributed by atoms with Crippen molar-refractivity contribution >= 4 is 17.5 Å². The minimum Gasteiger partial charge on any atom is -0.359 e. The van der Waals surface area contributed by atoms with Crippen molar-refractivity contribution in [3.05, 3.63) is 29.8 Å². The van der Waals surface area contributed by atoms with Gasteiger partial charge in [0, 0.05) is 24.3 Å². The number of fused-ring (bicyclic) bond motifs is 1. The smallest absolute Gasteiger partial charge is 0.239 e. The maximum atomic E-state index is 12.7. The third-order valence-corrected chi connectivity index (χ3v) is 4.93. The number of hydrogen-bond donors (Lipinski definition) is 2. The second-order valence-electron chi connectivity index (χ2n) is 6.99. The van der Waals surface area contributed by atoms with Crippen molar-refractivity contribution < 1.29 is 9.59 Å². The Bertz CT molecular complexity index is 602. The first kappa shape index (κ1) is 19.3. The van der Waals surface area contributed by atoms with Crippen molar-refractivity contribution in [1.29, 1.82) is 0 Å². The summed E-state index contributed by atoms with van der Waals surface area (Å²) in [4.78, 5) is 27.0. The van der Waals surface area contributed by atoms with Crippen molar-refractivity contribution in [2.24, 2.45) is 0 Å². The fraction of sp³-hybridized carbons (Fsp3) is 0.600. The molecule has 0 bridgehead atoms. The molecule has 0 radical (unpaired) electrons. The molecule has 1 aromatic rings. The summed E-state index contributed by atoms with van der Waals surface area (Å²) in [6, 6.07) is 8.27. The summed E-state index contributed by atoms with van der Waals surface area (Å²) >= 11 is 0. The predicted octanol–water partition coefficient (Wildman–Crippen LogP) is 2.81. The number of anilines is 1. The van der Waals surface area contributed by atoms with Crippen LogP contribution >= 0.6 is 0 Å². The lowest BCUT2D eigenvalue weighted by molar-refractivity contribution is -0.123. The van der Waals surface area contributed by atoms with Crippen LogP contribution in [-0.2, 0) is 9.59 Å². The van der Waals surface area contributed by atoms with Gasteiger partial charge in [-0.1, -0.05) is 32.0 Å². The van der Waals surface area contributed by atoms with E-state index in [0.717, 1.165) is 30.5 Å². The van der Waals surface area contributed by atoms with Gasteiger partial charge in [0.2, 0.25) is 11.8 Å². The highest BCUT2D eigenvalue weighted by molar-refractivity contribution is 5.88. The highest BCUT2D eigenvalue weighted by Gasteiger charge is 2.34. The molecule has 5 heteroatoms. The van der Waals surface area contributed by atoms with E-state index in [1.807, 2.05) is 38.1 Å². The van der Waals surface area contributed by atoms with Crippen LogP contribution in [0, 0.1) is 0 Å². The van der Waals surface area contributed by atoms with Crippen LogP contribution in [-0.4, -0.2) is 37.0 Å². The van der Waals surface area contributed by atoms with Gasteiger partial charge in [-0.25, -0.2) is 0 Å². The Kier molecular flexibility index (Phi) is 6.85. The largest absolute Gasteiger partial charge is 0.359 e. The number of hydrogen-bond acceptors (Lipinski definition) is 3. The van der Waals surface area contributed by atoms with Gasteiger partial charge in [0.1, 0.15) is 0 Å². The third-order valence-electron chi connectivity index (χ3n) is 4.93. The molecule has 2 amide bonds. The predicted molar refractivity (Wildman–Crippen MR) is 102 cm³/mol. The van der Waals surface area contributed by atoms with E-state index in [1.54, 1.807) is 0 Å². The Balaban J connectivity index is 2.21. The zero-order valence-corrected chi connectivity index (χ0v) is 15.8. The lowest BCUT2D eigenvalue weighted by Gasteiger charge is -2.40. The number of rotatable bonds is 7. The third kappa shape index (κ3) is 4.74. The van der Waals surface area contributed by atoms with Gasteiger partial charge in [-0.15, -0.1) is 0 Å². The van der Waals surface area contributed by atoms with Gasteiger partial charge in [-0.05, 0) is 44.7 Å². The summed E-state index contributed by atoms with van der Waals surface area (Å²) in [5.74, 6) is -0.0371. The fourth-order valence-corrected chi connectivity index (χ4v) is 3.29. The van der Waals surface area contributed by atoms with E-state index >= 15 is 0 Å². The normalized spacial score (nSPS) is 20.6. The summed E-state index contributed by atoms with van der Waals surface area (Å²) < 4.78 is 0. The molecule has 0 aromatic heterocycles. The number of carbonyl (C=O) groups excluding carboxylic acids is 2. The van der Waals surface area contributed by atoms with Gasteiger partial charge in [-0.3, -0.25) is 9.59 Å². The second-order valence-corrected chi connectivity index (χ2v) is 6.99. The van der Waals surface area contributed by atoms with Crippen LogP contribution in [0.25, 0.3) is 0 Å². The number of benzene rings is 1. The Morgan fingerprint density at radius 1 is 1.28 bits per heavy atom. The maximum Gasteiger partial charge on any atom is 0.239 e. The van der Waals surface area contributed by atoms with Crippen LogP contribution in [0.1, 0.15) is 58.4 Å². The summed E-state index contributed by atoms with van der Waals surface area (Å²) in [6.45, 7) is 9.26. The molecule has 2 rings (SSSR count). The molecule has 5 nitrogen and oxygen atoms in total. The molecule has 1 aliphatic heterocycles. The topological polar surface area (TPSA) is 61.4 Å². The highest BCUT2D eigenvalue weighted by Crippen LogP contribution is 2.38. The molecule has 0 fully saturated rings. The maximum absolute atomic E-state index is 12.7. The number of nitrogens with zero attached hydrogens (tertiary/aromatic N) is 1. The van der Waals surface area contributed by atoms with E-state index in [1.165, 1.54) is 0 Å².